The molecule has 1 aromatic carbocycles. The van der Waals surface area contributed by atoms with Gasteiger partial charge in [-0.1, -0.05) is 5.10 Å². The van der Waals surface area contributed by atoms with E-state index >= 15 is 0 Å². The number of nitrogens with one attached hydrogen (secondary N) is 1. The van der Waals surface area contributed by atoms with Crippen LogP contribution < -0.4 is 5.32 Å². The van der Waals surface area contributed by atoms with Gasteiger partial charge in [0, 0.05) is 18.7 Å². The summed E-state index contributed by atoms with van der Waals surface area (Å²) in [5.41, 5.74) is -1.06. The zero-order valence-electron chi connectivity index (χ0n) is 16.3. The number of anilines is 1. The number of hydrogen-bond donors (Lipinski definition) is 1. The Labute approximate surface area is 170 Å². The number of amides is 1. The van der Waals surface area contributed by atoms with E-state index < -0.39 is 23.3 Å². The number of nitriles is 1. The Morgan fingerprint density at radius 1 is 1.27 bits per heavy atom. The van der Waals surface area contributed by atoms with Crippen molar-refractivity contribution >= 4 is 11.9 Å². The Morgan fingerprint density at radius 2 is 1.97 bits per heavy atom. The Bertz CT molecular complexity index is 997. The summed E-state index contributed by atoms with van der Waals surface area (Å²) in [6.45, 7) is 3.13. The number of halogens is 3. The van der Waals surface area contributed by atoms with E-state index in [2.05, 4.69) is 15.5 Å². The predicted octanol–water partition coefficient (Wildman–Crippen LogP) is 3.83. The molecule has 2 aliphatic rings. The Kier molecular flexibility index (Phi) is 4.92. The summed E-state index contributed by atoms with van der Waals surface area (Å²) >= 11 is 0. The molecular formula is C20H20F3N5O2. The van der Waals surface area contributed by atoms with Crippen molar-refractivity contribution < 1.29 is 22.4 Å². The van der Waals surface area contributed by atoms with Gasteiger partial charge >= 0.3 is 12.2 Å². The van der Waals surface area contributed by atoms with Gasteiger partial charge in [-0.05, 0) is 56.2 Å². The van der Waals surface area contributed by atoms with Gasteiger partial charge in [0.25, 0.3) is 0 Å². The highest BCUT2D eigenvalue weighted by Crippen LogP contribution is 2.53. The standard InChI is InChI=1S/C20H20F3N5O2/c1-12(17(29)28-8-6-19(4-5-19)7-9-28)25-18-27-26-16(30-18)13-2-3-14(11-24)15(10-13)20(21,22)23/h2-3,10,12H,4-9H2,1H3,(H,25,27)/t12-/m1/s1. The van der Waals surface area contributed by atoms with Crippen LogP contribution in [0.4, 0.5) is 19.2 Å². The van der Waals surface area contributed by atoms with E-state index in [1.54, 1.807) is 6.92 Å². The van der Waals surface area contributed by atoms with Gasteiger partial charge in [0.1, 0.15) is 6.04 Å². The van der Waals surface area contributed by atoms with Crippen LogP contribution in [0.5, 0.6) is 0 Å². The molecule has 1 atom stereocenters. The summed E-state index contributed by atoms with van der Waals surface area (Å²) in [4.78, 5) is 14.5. The van der Waals surface area contributed by atoms with Gasteiger partial charge in [-0.3, -0.25) is 4.79 Å². The minimum atomic E-state index is -4.68. The first-order valence-electron chi connectivity index (χ1n) is 9.71. The van der Waals surface area contributed by atoms with Gasteiger partial charge < -0.3 is 14.6 Å². The second-order valence-corrected chi connectivity index (χ2v) is 7.97. The van der Waals surface area contributed by atoms with E-state index in [-0.39, 0.29) is 23.4 Å². The van der Waals surface area contributed by atoms with Crippen molar-refractivity contribution in [2.75, 3.05) is 18.4 Å². The Balaban J connectivity index is 1.44. The fourth-order valence-corrected chi connectivity index (χ4v) is 3.81. The maximum Gasteiger partial charge on any atom is 0.417 e. The van der Waals surface area contributed by atoms with Crippen LogP contribution in [0.15, 0.2) is 22.6 Å². The summed E-state index contributed by atoms with van der Waals surface area (Å²) in [6.07, 6.45) is -0.138. The molecule has 1 aliphatic carbocycles. The largest absolute Gasteiger partial charge is 0.417 e. The fourth-order valence-electron chi connectivity index (χ4n) is 3.81. The third kappa shape index (κ3) is 3.97. The van der Waals surface area contributed by atoms with Crippen LogP contribution in [-0.4, -0.2) is 40.1 Å². The monoisotopic (exact) mass is 419 g/mol. The zero-order valence-corrected chi connectivity index (χ0v) is 16.3. The molecule has 1 amide bonds. The quantitative estimate of drug-likeness (QED) is 0.809. The Morgan fingerprint density at radius 3 is 2.57 bits per heavy atom. The highest BCUT2D eigenvalue weighted by Gasteiger charge is 2.45. The molecule has 2 heterocycles. The van der Waals surface area contributed by atoms with Crippen molar-refractivity contribution in [3.8, 4) is 17.5 Å². The average Bonchev–Trinajstić information content (AvgIpc) is 3.31. The van der Waals surface area contributed by atoms with Crippen LogP contribution in [0.25, 0.3) is 11.5 Å². The lowest BCUT2D eigenvalue weighted by atomic mass is 9.93. The molecule has 30 heavy (non-hydrogen) atoms. The van der Waals surface area contributed by atoms with E-state index in [4.69, 9.17) is 9.68 Å². The molecule has 1 aromatic heterocycles. The van der Waals surface area contributed by atoms with Crippen LogP contribution in [0, 0.1) is 16.7 Å². The van der Waals surface area contributed by atoms with E-state index in [0.717, 1.165) is 38.1 Å². The van der Waals surface area contributed by atoms with Crippen LogP contribution >= 0.6 is 0 Å². The number of piperidine rings is 1. The normalized spacial score (nSPS) is 18.7. The summed E-state index contributed by atoms with van der Waals surface area (Å²) in [5, 5.41) is 19.3. The molecule has 1 saturated carbocycles. The minimum absolute atomic E-state index is 0.0339. The molecule has 1 spiro atoms. The number of carbonyl (C=O) groups excluding carboxylic acids is 1. The molecule has 7 nitrogen and oxygen atoms in total. The fraction of sp³-hybridized carbons (Fsp3) is 0.500. The number of rotatable bonds is 4. The minimum Gasteiger partial charge on any atom is -0.403 e. The predicted molar refractivity (Wildman–Crippen MR) is 100 cm³/mol. The van der Waals surface area contributed by atoms with E-state index in [9.17, 15) is 18.0 Å². The van der Waals surface area contributed by atoms with Gasteiger partial charge in [-0.15, -0.1) is 5.10 Å². The van der Waals surface area contributed by atoms with Crippen molar-refractivity contribution in [2.24, 2.45) is 5.41 Å². The molecule has 1 saturated heterocycles. The van der Waals surface area contributed by atoms with Crippen LogP contribution in [0.2, 0.25) is 0 Å². The number of benzene rings is 1. The molecule has 1 aliphatic heterocycles. The molecule has 4 rings (SSSR count). The number of aromatic nitrogens is 2. The molecule has 2 fully saturated rings. The maximum absolute atomic E-state index is 13.2. The van der Waals surface area contributed by atoms with Crippen LogP contribution in [0.3, 0.4) is 0 Å². The van der Waals surface area contributed by atoms with Gasteiger partial charge in [-0.25, -0.2) is 0 Å². The van der Waals surface area contributed by atoms with Gasteiger partial charge in [0.15, 0.2) is 0 Å². The van der Waals surface area contributed by atoms with Gasteiger partial charge in [0.05, 0.1) is 17.2 Å². The summed E-state index contributed by atoms with van der Waals surface area (Å²) in [6, 6.07) is 4.02. The van der Waals surface area contributed by atoms with Crippen molar-refractivity contribution in [2.45, 2.75) is 44.8 Å². The molecular weight excluding hydrogens is 399 g/mol. The summed E-state index contributed by atoms with van der Waals surface area (Å²) < 4.78 is 44.9. The van der Waals surface area contributed by atoms with Crippen LogP contribution in [-0.2, 0) is 11.0 Å². The van der Waals surface area contributed by atoms with Crippen molar-refractivity contribution in [1.29, 1.82) is 5.26 Å². The zero-order chi connectivity index (χ0) is 21.5. The van der Waals surface area contributed by atoms with Crippen LogP contribution in [0.1, 0.15) is 43.7 Å². The first kappa shape index (κ1) is 20.2. The highest BCUT2D eigenvalue weighted by atomic mass is 19.4. The van der Waals surface area contributed by atoms with Gasteiger partial charge in [0.2, 0.25) is 11.8 Å². The number of nitrogens with zero attached hydrogens (tertiary/aromatic N) is 4. The SMILES string of the molecule is C[C@@H](Nc1nnc(-c2ccc(C#N)c(C(F)(F)F)c2)o1)C(=O)N1CCC2(CC1)CC2. The molecule has 0 unspecified atom stereocenters. The molecule has 10 heteroatoms. The van der Waals surface area contributed by atoms with Crippen molar-refractivity contribution in [3.63, 3.8) is 0 Å². The third-order valence-electron chi connectivity index (χ3n) is 5.92. The summed E-state index contributed by atoms with van der Waals surface area (Å²) in [7, 11) is 0. The number of alkyl halides is 3. The van der Waals surface area contributed by atoms with Gasteiger partial charge in [-0.2, -0.15) is 18.4 Å². The van der Waals surface area contributed by atoms with E-state index in [1.807, 2.05) is 4.90 Å². The lowest BCUT2D eigenvalue weighted by Crippen LogP contribution is -2.45. The summed E-state index contributed by atoms with van der Waals surface area (Å²) in [5.74, 6) is -0.219. The topological polar surface area (TPSA) is 95.0 Å². The average molecular weight is 419 g/mol. The number of likely N-dealkylation sites (tertiary alicyclic amines) is 1. The van der Waals surface area contributed by atoms with E-state index in [0.29, 0.717) is 5.41 Å². The maximum atomic E-state index is 13.2. The molecule has 158 valence electrons. The highest BCUT2D eigenvalue weighted by molar-refractivity contribution is 5.83. The first-order chi connectivity index (χ1) is 14.2. The Hall–Kier alpha value is -3.09. The number of carbonyl (C=O) groups is 1. The molecule has 0 bridgehead atoms. The molecule has 1 N–H and O–H groups in total. The second-order valence-electron chi connectivity index (χ2n) is 7.97. The van der Waals surface area contributed by atoms with Crippen molar-refractivity contribution in [3.05, 3.63) is 29.3 Å². The lowest BCUT2D eigenvalue weighted by molar-refractivity contribution is -0.137. The van der Waals surface area contributed by atoms with Crippen molar-refractivity contribution in [1.82, 2.24) is 15.1 Å². The third-order valence-corrected chi connectivity index (χ3v) is 5.92. The smallest absolute Gasteiger partial charge is 0.403 e. The lowest BCUT2D eigenvalue weighted by Gasteiger charge is -2.33. The molecule has 2 aromatic rings. The first-order valence-corrected chi connectivity index (χ1v) is 9.71. The number of hydrogen-bond acceptors (Lipinski definition) is 6. The molecule has 0 radical (unpaired) electrons. The van der Waals surface area contributed by atoms with E-state index in [1.165, 1.54) is 25.0 Å². The second kappa shape index (κ2) is 7.31.